The van der Waals surface area contributed by atoms with E-state index in [0.717, 1.165) is 37.0 Å². The topological polar surface area (TPSA) is 21.3 Å². The maximum absolute atomic E-state index is 5.51. The van der Waals surface area contributed by atoms with Crippen LogP contribution in [0.5, 0.6) is 0 Å². The van der Waals surface area contributed by atoms with Crippen molar-refractivity contribution in [1.29, 1.82) is 0 Å². The predicted octanol–water partition coefficient (Wildman–Crippen LogP) is 3.36. The fourth-order valence-corrected chi connectivity index (χ4v) is 4.48. The van der Waals surface area contributed by atoms with Crippen molar-refractivity contribution in [1.82, 2.24) is 5.32 Å². The van der Waals surface area contributed by atoms with Gasteiger partial charge in [-0.2, -0.15) is 0 Å². The van der Waals surface area contributed by atoms with E-state index in [9.17, 15) is 0 Å². The first-order valence-corrected chi connectivity index (χ1v) is 8.16. The van der Waals surface area contributed by atoms with Gasteiger partial charge in [-0.05, 0) is 50.4 Å². The summed E-state index contributed by atoms with van der Waals surface area (Å²) in [7, 11) is 0. The van der Waals surface area contributed by atoms with Gasteiger partial charge in [0, 0.05) is 18.7 Å². The van der Waals surface area contributed by atoms with E-state index in [1.165, 1.54) is 51.4 Å². The van der Waals surface area contributed by atoms with Crippen LogP contribution in [0.3, 0.4) is 0 Å². The molecule has 2 heteroatoms. The highest BCUT2D eigenvalue weighted by atomic mass is 16.5. The molecule has 2 saturated carbocycles. The quantitative estimate of drug-likeness (QED) is 0.830. The van der Waals surface area contributed by atoms with E-state index < -0.39 is 0 Å². The SMILES string of the molecule is CC(NC1CCC2CCCCC2C1)C1CCOC1. The minimum absolute atomic E-state index is 0.651. The number of hydrogen-bond acceptors (Lipinski definition) is 2. The molecule has 0 aromatic heterocycles. The summed E-state index contributed by atoms with van der Waals surface area (Å²) < 4.78 is 5.51. The maximum atomic E-state index is 5.51. The molecule has 1 N–H and O–H groups in total. The molecule has 0 aromatic carbocycles. The Labute approximate surface area is 112 Å². The molecule has 0 spiro atoms. The summed E-state index contributed by atoms with van der Waals surface area (Å²) in [5, 5.41) is 3.91. The van der Waals surface area contributed by atoms with E-state index in [4.69, 9.17) is 4.74 Å². The molecule has 0 aromatic rings. The monoisotopic (exact) mass is 251 g/mol. The molecule has 18 heavy (non-hydrogen) atoms. The Hall–Kier alpha value is -0.0800. The van der Waals surface area contributed by atoms with E-state index in [1.54, 1.807) is 0 Å². The molecule has 2 aliphatic carbocycles. The molecule has 104 valence electrons. The van der Waals surface area contributed by atoms with Crippen LogP contribution in [-0.2, 0) is 4.74 Å². The van der Waals surface area contributed by atoms with Gasteiger partial charge in [0.1, 0.15) is 0 Å². The van der Waals surface area contributed by atoms with Crippen LogP contribution in [0.25, 0.3) is 0 Å². The summed E-state index contributed by atoms with van der Waals surface area (Å²) in [4.78, 5) is 0. The fourth-order valence-electron chi connectivity index (χ4n) is 4.48. The second-order valence-corrected chi connectivity index (χ2v) is 6.89. The number of hydrogen-bond donors (Lipinski definition) is 1. The van der Waals surface area contributed by atoms with Gasteiger partial charge < -0.3 is 10.1 Å². The maximum Gasteiger partial charge on any atom is 0.0509 e. The minimum Gasteiger partial charge on any atom is -0.381 e. The number of fused-ring (bicyclic) bond motifs is 1. The van der Waals surface area contributed by atoms with Gasteiger partial charge >= 0.3 is 0 Å². The van der Waals surface area contributed by atoms with Gasteiger partial charge in [0.2, 0.25) is 0 Å². The third-order valence-electron chi connectivity index (χ3n) is 5.71. The summed E-state index contributed by atoms with van der Waals surface area (Å²) in [6, 6.07) is 1.44. The highest BCUT2D eigenvalue weighted by molar-refractivity contribution is 4.88. The summed E-state index contributed by atoms with van der Waals surface area (Å²) in [6.07, 6.45) is 11.6. The molecule has 1 saturated heterocycles. The van der Waals surface area contributed by atoms with Crippen LogP contribution in [0, 0.1) is 17.8 Å². The number of rotatable bonds is 3. The highest BCUT2D eigenvalue weighted by Crippen LogP contribution is 2.40. The Morgan fingerprint density at radius 3 is 2.61 bits per heavy atom. The van der Waals surface area contributed by atoms with Crippen LogP contribution < -0.4 is 5.32 Å². The number of ether oxygens (including phenoxy) is 1. The van der Waals surface area contributed by atoms with Gasteiger partial charge in [-0.15, -0.1) is 0 Å². The summed E-state index contributed by atoms with van der Waals surface area (Å²) in [6.45, 7) is 4.32. The Bertz CT molecular complexity index is 262. The van der Waals surface area contributed by atoms with Crippen molar-refractivity contribution in [2.75, 3.05) is 13.2 Å². The van der Waals surface area contributed by atoms with Crippen LogP contribution >= 0.6 is 0 Å². The van der Waals surface area contributed by atoms with E-state index >= 15 is 0 Å². The molecule has 0 radical (unpaired) electrons. The zero-order valence-corrected chi connectivity index (χ0v) is 11.9. The molecular weight excluding hydrogens is 222 g/mol. The smallest absolute Gasteiger partial charge is 0.0509 e. The van der Waals surface area contributed by atoms with E-state index in [1.807, 2.05) is 0 Å². The van der Waals surface area contributed by atoms with Crippen LogP contribution in [0.1, 0.15) is 58.3 Å². The molecule has 3 rings (SSSR count). The number of nitrogens with one attached hydrogen (secondary N) is 1. The zero-order valence-electron chi connectivity index (χ0n) is 11.9. The predicted molar refractivity (Wildman–Crippen MR) is 74.6 cm³/mol. The van der Waals surface area contributed by atoms with Gasteiger partial charge in [-0.1, -0.05) is 25.7 Å². The Balaban J connectivity index is 1.48. The third-order valence-corrected chi connectivity index (χ3v) is 5.71. The van der Waals surface area contributed by atoms with Crippen LogP contribution in [0.2, 0.25) is 0 Å². The first kappa shape index (κ1) is 12.9. The van der Waals surface area contributed by atoms with Gasteiger partial charge in [-0.25, -0.2) is 0 Å². The van der Waals surface area contributed by atoms with Gasteiger partial charge in [0.05, 0.1) is 6.61 Å². The lowest BCUT2D eigenvalue weighted by molar-refractivity contribution is 0.130. The lowest BCUT2D eigenvalue weighted by Crippen LogP contribution is -2.45. The van der Waals surface area contributed by atoms with Crippen molar-refractivity contribution < 1.29 is 4.74 Å². The third kappa shape index (κ3) is 2.91. The summed E-state index contributed by atoms with van der Waals surface area (Å²) in [5.74, 6) is 2.87. The molecule has 5 unspecified atom stereocenters. The standard InChI is InChI=1S/C16H29NO/c1-12(15-8-9-18-11-15)17-16-7-6-13-4-2-3-5-14(13)10-16/h12-17H,2-11H2,1H3. The molecule has 1 aliphatic heterocycles. The Morgan fingerprint density at radius 1 is 1.00 bits per heavy atom. The normalized spacial score (nSPS) is 42.5. The zero-order chi connectivity index (χ0) is 12.4. The van der Waals surface area contributed by atoms with Gasteiger partial charge in [0.15, 0.2) is 0 Å². The van der Waals surface area contributed by atoms with Crippen molar-refractivity contribution in [3.05, 3.63) is 0 Å². The van der Waals surface area contributed by atoms with Crippen LogP contribution in [0.15, 0.2) is 0 Å². The van der Waals surface area contributed by atoms with Crippen molar-refractivity contribution in [2.24, 2.45) is 17.8 Å². The van der Waals surface area contributed by atoms with Crippen LogP contribution in [0.4, 0.5) is 0 Å². The molecule has 2 nitrogen and oxygen atoms in total. The lowest BCUT2D eigenvalue weighted by Gasteiger charge is -2.41. The Morgan fingerprint density at radius 2 is 1.83 bits per heavy atom. The highest BCUT2D eigenvalue weighted by Gasteiger charge is 2.33. The van der Waals surface area contributed by atoms with E-state index in [-0.39, 0.29) is 0 Å². The average molecular weight is 251 g/mol. The largest absolute Gasteiger partial charge is 0.381 e. The minimum atomic E-state index is 0.651. The van der Waals surface area contributed by atoms with Crippen LogP contribution in [-0.4, -0.2) is 25.3 Å². The first-order valence-electron chi connectivity index (χ1n) is 8.16. The second kappa shape index (κ2) is 5.92. The molecule has 1 heterocycles. The molecular formula is C16H29NO. The van der Waals surface area contributed by atoms with Crippen molar-refractivity contribution >= 4 is 0 Å². The molecule has 3 fully saturated rings. The molecule has 3 aliphatic rings. The summed E-state index contributed by atoms with van der Waals surface area (Å²) >= 11 is 0. The molecule has 0 amide bonds. The second-order valence-electron chi connectivity index (χ2n) is 6.89. The first-order chi connectivity index (χ1) is 8.83. The Kier molecular flexibility index (Phi) is 4.25. The van der Waals surface area contributed by atoms with Crippen molar-refractivity contribution in [3.63, 3.8) is 0 Å². The summed E-state index contributed by atoms with van der Waals surface area (Å²) in [5.41, 5.74) is 0. The van der Waals surface area contributed by atoms with E-state index in [2.05, 4.69) is 12.2 Å². The molecule has 5 atom stereocenters. The van der Waals surface area contributed by atoms with E-state index in [0.29, 0.717) is 6.04 Å². The van der Waals surface area contributed by atoms with Gasteiger partial charge in [0.25, 0.3) is 0 Å². The van der Waals surface area contributed by atoms with Gasteiger partial charge in [-0.3, -0.25) is 0 Å². The lowest BCUT2D eigenvalue weighted by atomic mass is 9.69. The van der Waals surface area contributed by atoms with Crippen molar-refractivity contribution in [2.45, 2.75) is 70.4 Å². The van der Waals surface area contributed by atoms with Crippen molar-refractivity contribution in [3.8, 4) is 0 Å². The fraction of sp³-hybridized carbons (Fsp3) is 1.00. The molecule has 0 bridgehead atoms. The average Bonchev–Trinajstić information content (AvgIpc) is 2.92.